The molecule has 0 aliphatic carbocycles. The molecule has 0 N–H and O–H groups in total. The molecule has 0 amide bonds. The molecule has 0 heterocycles. The first-order chi connectivity index (χ1) is 56.5. The van der Waals surface area contributed by atoms with Crippen LogP contribution < -0.4 is 0 Å². The van der Waals surface area contributed by atoms with Gasteiger partial charge in [0.1, 0.15) is 0 Å². The summed E-state index contributed by atoms with van der Waals surface area (Å²) < 4.78 is 226. The predicted molar refractivity (Wildman–Crippen MR) is 615 cm³/mol. The van der Waals surface area contributed by atoms with E-state index in [9.17, 15) is 0 Å². The van der Waals surface area contributed by atoms with E-state index in [-0.39, 0.29) is 0 Å². The zero-order valence-corrected chi connectivity index (χ0v) is 130. The molecule has 0 aromatic carbocycles. The van der Waals surface area contributed by atoms with Gasteiger partial charge in [-0.05, 0) is 419 Å². The highest BCUT2D eigenvalue weighted by molar-refractivity contribution is 6.99. The van der Waals surface area contributed by atoms with Gasteiger partial charge in [-0.3, -0.25) is 0 Å². The molecule has 0 bridgehead atoms. The van der Waals surface area contributed by atoms with Crippen LogP contribution in [0.15, 0.2) is 0 Å². The van der Waals surface area contributed by atoms with Crippen LogP contribution in [0.4, 0.5) is 0 Å². The first-order valence-corrected chi connectivity index (χ1v) is 139. The van der Waals surface area contributed by atoms with Gasteiger partial charge in [-0.15, -0.1) is 0 Å². The van der Waals surface area contributed by atoms with E-state index in [1.54, 1.807) is 0 Å². The van der Waals surface area contributed by atoms with Crippen molar-refractivity contribution in [3.63, 3.8) is 0 Å². The molecule has 33 nitrogen and oxygen atoms in total. The van der Waals surface area contributed by atoms with Gasteiger partial charge in [-0.25, -0.2) is 0 Å². The molecule has 0 aliphatic heterocycles. The highest BCUT2D eigenvalue weighted by atomic mass is 28.6. The SMILES string of the molecule is C[SiH](C)O[SiH](C)O[SiH](C)O[SiH](C)O[SiH](C)O[SiH](C)O[Si](C)(C)O[Si](C)(C)O[Si](C)(C)O[Si](C)(C)O[Si](C)(C)O[Si](C)(C)O[Si](C)(C)O[Si](C)(C)O[Si](C)(C)O[Si](C)(C)O[Si](C)(C)O[Si](C)(C)O[Si](C)(C)O[Si](C)(C)O[Si](C)(C)O[Si](C)(C)O[Si](C)(C)O[Si](C)(C)O[Si](C)(C)O[Si](C)(C)O[Si](C)(C)O[Si](C)(C)O[Si](C)(C)O[Si](C)(C)O[Si](C)(C)O[Si](C)(C)O[Si](C)(C)O[Si](C)(C)C. The standard InChI is InChI=1S/C64H198O33Si34/c1-98(2)65-99(3)66-100(4)67-101(5)68-102(6)69-103(7)70-105(11,12)72-107(15,16)74-109(19,20)76-111(23,24)78-113(27,28)80-115(31,32)82-117(35,36)84-119(39,40)86-121(43,44)88-123(47,48)90-125(51,52)92-127(55,56)94-129(59,60)96-131(63,64)97-130(61,62)95-128(57,58)93-126(53,54)91-124(49,50)89-122(45,46)87-120(41,42)85-118(37,38)83-116(33,34)81-114(29,30)79-112(25,26)77-110(21,22)75-108(17,18)73-106(13,14)71-104(8,9)10/h98-103H,1-64H3. The fourth-order valence-electron chi connectivity index (χ4n) is 18.7. The van der Waals surface area contributed by atoms with E-state index in [1.165, 1.54) is 0 Å². The molecule has 0 spiro atoms. The Balaban J connectivity index is 5.91. The van der Waals surface area contributed by atoms with Crippen LogP contribution in [0.3, 0.4) is 0 Å². The highest BCUT2D eigenvalue weighted by Gasteiger charge is 2.58. The normalized spacial score (nSPS) is 17.0. The van der Waals surface area contributed by atoms with Gasteiger partial charge in [0.05, 0.1) is 0 Å². The molecule has 788 valence electrons. The Kier molecular flexibility index (Phi) is 51.3. The van der Waals surface area contributed by atoms with Gasteiger partial charge in [0.15, 0.2) is 17.4 Å². The van der Waals surface area contributed by atoms with Gasteiger partial charge < -0.3 is 136 Å². The van der Waals surface area contributed by atoms with Gasteiger partial charge in [0.2, 0.25) is 0 Å². The third kappa shape index (κ3) is 65.6. The minimum atomic E-state index is -2.95. The van der Waals surface area contributed by atoms with Crippen molar-refractivity contribution in [1.29, 1.82) is 0 Å². The van der Waals surface area contributed by atoms with E-state index in [4.69, 9.17) is 136 Å². The maximum Gasteiger partial charge on any atom is 0.314 e. The summed E-state index contributed by atoms with van der Waals surface area (Å²) in [5.74, 6) is 0. The van der Waals surface area contributed by atoms with Crippen molar-refractivity contribution in [2.75, 3.05) is 0 Å². The van der Waals surface area contributed by atoms with Crippen molar-refractivity contribution in [2.45, 2.75) is 419 Å². The van der Waals surface area contributed by atoms with Crippen LogP contribution in [-0.4, -0.2) is 295 Å². The summed E-state index contributed by atoms with van der Waals surface area (Å²) in [6, 6.07) is 0. The molecule has 0 radical (unpaired) electrons. The molecule has 5 atom stereocenters. The fraction of sp³-hybridized carbons (Fsp3) is 1.00. The van der Waals surface area contributed by atoms with E-state index in [1.807, 2.05) is 39.3 Å². The smallest absolute Gasteiger partial charge is 0.314 e. The van der Waals surface area contributed by atoms with Gasteiger partial charge in [-0.2, -0.15) is 0 Å². The van der Waals surface area contributed by atoms with Crippen LogP contribution in [0.2, 0.25) is 419 Å². The molecular weight excluding hydrogens is 2250 g/mol. The van der Waals surface area contributed by atoms with Crippen LogP contribution in [0.5, 0.6) is 0 Å². The molecule has 0 aromatic heterocycles. The number of hydrogen-bond donors (Lipinski definition) is 0. The third-order valence-corrected chi connectivity index (χ3v) is 142. The predicted octanol–water partition coefficient (Wildman–Crippen LogP) is 20.6. The van der Waals surface area contributed by atoms with Crippen molar-refractivity contribution in [3.8, 4) is 0 Å². The summed E-state index contributed by atoms with van der Waals surface area (Å²) in [5.41, 5.74) is 0. The van der Waals surface area contributed by atoms with Crippen LogP contribution in [0, 0.1) is 0 Å². The van der Waals surface area contributed by atoms with E-state index >= 15 is 0 Å². The summed E-state index contributed by atoms with van der Waals surface area (Å²) in [6.45, 7) is 132. The monoisotopic (exact) mass is 2450 g/mol. The summed E-state index contributed by atoms with van der Waals surface area (Å²) >= 11 is 0. The van der Waals surface area contributed by atoms with Crippen LogP contribution in [0.25, 0.3) is 0 Å². The van der Waals surface area contributed by atoms with Crippen molar-refractivity contribution in [1.82, 2.24) is 0 Å². The van der Waals surface area contributed by atoms with Crippen LogP contribution >= 0.6 is 0 Å². The lowest BCUT2D eigenvalue weighted by Gasteiger charge is -2.45. The third-order valence-electron chi connectivity index (χ3n) is 15.8. The minimum Gasteiger partial charge on any atom is -0.442 e. The molecule has 0 fully saturated rings. The Bertz CT molecular complexity index is 3410. The van der Waals surface area contributed by atoms with Crippen LogP contribution in [-0.2, 0) is 136 Å². The summed E-state index contributed by atoms with van der Waals surface area (Å²) in [6.07, 6.45) is 0. The molecule has 5 unspecified atom stereocenters. The highest BCUT2D eigenvalue weighted by Crippen LogP contribution is 2.38. The fourth-order valence-corrected chi connectivity index (χ4v) is 181. The van der Waals surface area contributed by atoms with Crippen molar-refractivity contribution in [3.05, 3.63) is 0 Å². The second-order valence-corrected chi connectivity index (χ2v) is 163. The number of rotatable bonds is 66. The van der Waals surface area contributed by atoms with Gasteiger partial charge >= 0.3 is 231 Å². The van der Waals surface area contributed by atoms with E-state index < -0.39 is 295 Å². The average Bonchev–Trinajstić information content (AvgIpc) is 1.39. The first kappa shape index (κ1) is 137. The van der Waals surface area contributed by atoms with Crippen molar-refractivity contribution >= 4 is 295 Å². The van der Waals surface area contributed by atoms with Gasteiger partial charge in [-0.1, -0.05) is 0 Å². The largest absolute Gasteiger partial charge is 0.442 e. The summed E-state index contributed by atoms with van der Waals surface area (Å²) in [7, 11) is -90.1. The Morgan fingerprint density at radius 1 is 0.0992 bits per heavy atom. The van der Waals surface area contributed by atoms with E-state index in [0.29, 0.717) is 0 Å². The molecule has 0 rings (SSSR count). The molecule has 67 heteroatoms. The molecular formula is C64H198O33Si34. The summed E-state index contributed by atoms with van der Waals surface area (Å²) in [5, 5.41) is 0. The topological polar surface area (TPSA) is 305 Å². The quantitative estimate of drug-likeness (QED) is 0.0511. The van der Waals surface area contributed by atoms with E-state index in [2.05, 4.69) is 380 Å². The maximum atomic E-state index is 7.04. The number of hydrogen-bond acceptors (Lipinski definition) is 33. The zero-order chi connectivity index (χ0) is 105. The molecule has 0 aromatic rings. The van der Waals surface area contributed by atoms with Gasteiger partial charge in [0.25, 0.3) is 46.4 Å². The van der Waals surface area contributed by atoms with Gasteiger partial charge in [0, 0.05) is 0 Å². The Hall–Kier alpha value is 6.05. The van der Waals surface area contributed by atoms with Crippen molar-refractivity contribution < 1.29 is 136 Å². The molecule has 131 heavy (non-hydrogen) atoms. The lowest BCUT2D eigenvalue weighted by Crippen LogP contribution is -2.63. The maximum absolute atomic E-state index is 7.04. The van der Waals surface area contributed by atoms with E-state index in [0.717, 1.165) is 0 Å². The second-order valence-electron chi connectivity index (χ2n) is 47.3. The average molecular weight is 2450 g/mol. The minimum absolute atomic E-state index is 1.16. The lowest BCUT2D eigenvalue weighted by atomic mass is 11.8. The lowest BCUT2D eigenvalue weighted by molar-refractivity contribution is 0.243. The Morgan fingerprint density at radius 2 is 0.183 bits per heavy atom. The first-order valence-electron chi connectivity index (χ1n) is 46.4. The zero-order valence-electron chi connectivity index (χ0n) is 94.9. The molecule has 0 saturated heterocycles. The molecule has 0 saturated carbocycles. The second kappa shape index (κ2) is 49.0. The van der Waals surface area contributed by atoms with Crippen molar-refractivity contribution in [2.24, 2.45) is 0 Å². The Labute approximate surface area is 841 Å². The van der Waals surface area contributed by atoms with Crippen LogP contribution in [0.1, 0.15) is 0 Å². The Morgan fingerprint density at radius 3 is 0.282 bits per heavy atom. The molecule has 0 aliphatic rings. The summed E-state index contributed by atoms with van der Waals surface area (Å²) in [4.78, 5) is 0.